The van der Waals surface area contributed by atoms with Crippen LogP contribution in [-0.2, 0) is 6.54 Å². The van der Waals surface area contributed by atoms with E-state index in [1.54, 1.807) is 6.26 Å². The molecule has 138 valence electrons. The number of nitrogens with zero attached hydrogens (tertiary/aromatic N) is 5. The maximum atomic E-state index is 5.36. The minimum atomic E-state index is 0.658. The minimum absolute atomic E-state index is 0.658. The van der Waals surface area contributed by atoms with E-state index in [-0.39, 0.29) is 0 Å². The summed E-state index contributed by atoms with van der Waals surface area (Å²) in [6, 6.07) is 4.56. The van der Waals surface area contributed by atoms with Crippen LogP contribution in [0.5, 0.6) is 0 Å². The van der Waals surface area contributed by atoms with Crippen LogP contribution in [0.1, 0.15) is 18.4 Å². The van der Waals surface area contributed by atoms with Gasteiger partial charge in [-0.15, -0.1) is 0 Å². The predicted octanol–water partition coefficient (Wildman–Crippen LogP) is 1.95. The molecule has 0 unspecified atom stereocenters. The highest BCUT2D eigenvalue weighted by atomic mass is 16.3. The van der Waals surface area contributed by atoms with Crippen molar-refractivity contribution in [2.75, 3.05) is 45.8 Å². The molecule has 0 aromatic carbocycles. The van der Waals surface area contributed by atoms with Gasteiger partial charge in [0.05, 0.1) is 6.26 Å². The first-order valence-corrected chi connectivity index (χ1v) is 9.89. The smallest absolute Gasteiger partial charge is 0.195 e. The van der Waals surface area contributed by atoms with Crippen molar-refractivity contribution in [3.05, 3.63) is 36.4 Å². The van der Waals surface area contributed by atoms with Crippen molar-refractivity contribution in [1.82, 2.24) is 24.7 Å². The Balaban J connectivity index is 1.15. The first kappa shape index (κ1) is 16.4. The number of piperidine rings is 3. The van der Waals surface area contributed by atoms with Gasteiger partial charge in [-0.2, -0.15) is 0 Å². The Bertz CT molecular complexity index is 700. The Kier molecular flexibility index (Phi) is 4.48. The fraction of sp³-hybridized carbons (Fsp3) is 0.600. The molecule has 4 aliphatic rings. The molecular weight excluding hydrogens is 326 g/mol. The van der Waals surface area contributed by atoms with Crippen molar-refractivity contribution in [2.45, 2.75) is 25.4 Å². The molecule has 0 spiro atoms. The normalized spacial score (nSPS) is 29.9. The second-order valence-electron chi connectivity index (χ2n) is 7.91. The van der Waals surface area contributed by atoms with E-state index in [2.05, 4.69) is 24.7 Å². The number of piperazine rings is 1. The van der Waals surface area contributed by atoms with Crippen LogP contribution in [0.4, 0.5) is 0 Å². The van der Waals surface area contributed by atoms with Gasteiger partial charge in [-0.1, -0.05) is 0 Å². The molecular formula is C20H27N5O. The van der Waals surface area contributed by atoms with E-state index in [1.165, 1.54) is 51.1 Å². The summed E-state index contributed by atoms with van der Waals surface area (Å²) in [5.74, 6) is 2.32. The molecule has 0 radical (unpaired) electrons. The molecule has 2 aromatic rings. The van der Waals surface area contributed by atoms with E-state index in [0.29, 0.717) is 5.82 Å². The third kappa shape index (κ3) is 3.29. The molecule has 26 heavy (non-hydrogen) atoms. The Morgan fingerprint density at radius 3 is 2.38 bits per heavy atom. The van der Waals surface area contributed by atoms with Crippen molar-refractivity contribution >= 4 is 0 Å². The molecule has 4 aliphatic heterocycles. The number of rotatable bonds is 4. The minimum Gasteiger partial charge on any atom is -0.461 e. The molecule has 6 heteroatoms. The zero-order chi connectivity index (χ0) is 17.3. The highest BCUT2D eigenvalue weighted by molar-refractivity contribution is 5.45. The van der Waals surface area contributed by atoms with Gasteiger partial charge in [-0.3, -0.25) is 9.80 Å². The standard InChI is InChI=1S/C20H27N5O/c1-2-19(26-11-1)20-21-12-16(13-22-20)14-24-7-9-25(10-8-24)18-15-23-5-3-17(18)4-6-23/h1-2,11-13,17-18H,3-10,14-15H2/t18-/m0/s1. The molecule has 0 aliphatic carbocycles. The van der Waals surface area contributed by atoms with E-state index in [9.17, 15) is 0 Å². The Labute approximate surface area is 154 Å². The lowest BCUT2D eigenvalue weighted by Gasteiger charge is -2.51. The third-order valence-corrected chi connectivity index (χ3v) is 6.35. The number of hydrogen-bond acceptors (Lipinski definition) is 6. The van der Waals surface area contributed by atoms with Crippen molar-refractivity contribution in [3.63, 3.8) is 0 Å². The van der Waals surface area contributed by atoms with E-state index < -0.39 is 0 Å². The predicted molar refractivity (Wildman–Crippen MR) is 99.5 cm³/mol. The van der Waals surface area contributed by atoms with Crippen LogP contribution in [0, 0.1) is 5.92 Å². The number of furan rings is 1. The fourth-order valence-electron chi connectivity index (χ4n) is 4.83. The van der Waals surface area contributed by atoms with Gasteiger partial charge in [0, 0.05) is 63.3 Å². The molecule has 4 saturated heterocycles. The van der Waals surface area contributed by atoms with Crippen molar-refractivity contribution in [3.8, 4) is 11.6 Å². The van der Waals surface area contributed by atoms with Gasteiger partial charge in [0.25, 0.3) is 0 Å². The van der Waals surface area contributed by atoms with Gasteiger partial charge >= 0.3 is 0 Å². The molecule has 6 rings (SSSR count). The summed E-state index contributed by atoms with van der Waals surface area (Å²) in [5, 5.41) is 0. The molecule has 0 saturated carbocycles. The molecule has 6 heterocycles. The van der Waals surface area contributed by atoms with Gasteiger partial charge in [-0.05, 0) is 44.0 Å². The highest BCUT2D eigenvalue weighted by Gasteiger charge is 2.38. The summed E-state index contributed by atoms with van der Waals surface area (Å²) in [7, 11) is 0. The molecule has 0 amide bonds. The maximum Gasteiger partial charge on any atom is 0.195 e. The highest BCUT2D eigenvalue weighted by Crippen LogP contribution is 2.31. The summed E-state index contributed by atoms with van der Waals surface area (Å²) < 4.78 is 5.36. The third-order valence-electron chi connectivity index (χ3n) is 6.35. The average molecular weight is 353 g/mol. The van der Waals surface area contributed by atoms with Crippen LogP contribution in [0.15, 0.2) is 35.2 Å². The Morgan fingerprint density at radius 1 is 1.00 bits per heavy atom. The molecule has 0 N–H and O–H groups in total. The SMILES string of the molecule is c1coc(-c2ncc(CN3CCN([C@H]4CN5CCC4CC5)CC3)cn2)c1. The number of aromatic nitrogens is 2. The summed E-state index contributed by atoms with van der Waals surface area (Å²) in [6.07, 6.45) is 8.34. The van der Waals surface area contributed by atoms with Crippen LogP contribution < -0.4 is 0 Å². The van der Waals surface area contributed by atoms with Gasteiger partial charge in [-0.25, -0.2) is 9.97 Å². The summed E-state index contributed by atoms with van der Waals surface area (Å²) in [5.41, 5.74) is 1.18. The van der Waals surface area contributed by atoms with Crippen LogP contribution in [0.2, 0.25) is 0 Å². The van der Waals surface area contributed by atoms with Crippen LogP contribution in [0.25, 0.3) is 11.6 Å². The van der Waals surface area contributed by atoms with Gasteiger partial charge in [0.1, 0.15) is 0 Å². The number of fused-ring (bicyclic) bond motifs is 3. The van der Waals surface area contributed by atoms with Gasteiger partial charge in [0.2, 0.25) is 0 Å². The molecule has 6 nitrogen and oxygen atoms in total. The molecule has 2 bridgehead atoms. The van der Waals surface area contributed by atoms with Crippen LogP contribution >= 0.6 is 0 Å². The van der Waals surface area contributed by atoms with E-state index in [0.717, 1.165) is 37.4 Å². The largest absolute Gasteiger partial charge is 0.461 e. The van der Waals surface area contributed by atoms with Crippen molar-refractivity contribution in [2.24, 2.45) is 5.92 Å². The second-order valence-corrected chi connectivity index (χ2v) is 7.91. The first-order valence-electron chi connectivity index (χ1n) is 9.89. The summed E-state index contributed by atoms with van der Waals surface area (Å²) >= 11 is 0. The second kappa shape index (κ2) is 7.10. The average Bonchev–Trinajstić information content (AvgIpc) is 3.25. The molecule has 1 atom stereocenters. The maximum absolute atomic E-state index is 5.36. The molecule has 2 aromatic heterocycles. The monoisotopic (exact) mass is 353 g/mol. The lowest BCUT2D eigenvalue weighted by atomic mass is 9.83. The van der Waals surface area contributed by atoms with Crippen molar-refractivity contribution in [1.29, 1.82) is 0 Å². The van der Waals surface area contributed by atoms with Crippen LogP contribution in [-0.4, -0.2) is 76.5 Å². The van der Waals surface area contributed by atoms with E-state index in [4.69, 9.17) is 4.42 Å². The number of hydrogen-bond donors (Lipinski definition) is 0. The zero-order valence-corrected chi connectivity index (χ0v) is 15.3. The fourth-order valence-corrected chi connectivity index (χ4v) is 4.83. The van der Waals surface area contributed by atoms with Gasteiger partial charge in [0.15, 0.2) is 11.6 Å². The summed E-state index contributed by atoms with van der Waals surface area (Å²) in [6.45, 7) is 9.57. The van der Waals surface area contributed by atoms with Crippen LogP contribution in [0.3, 0.4) is 0 Å². The zero-order valence-electron chi connectivity index (χ0n) is 15.3. The topological polar surface area (TPSA) is 48.6 Å². The van der Waals surface area contributed by atoms with Crippen molar-refractivity contribution < 1.29 is 4.42 Å². The van der Waals surface area contributed by atoms with Gasteiger partial charge < -0.3 is 9.32 Å². The summed E-state index contributed by atoms with van der Waals surface area (Å²) in [4.78, 5) is 16.9. The first-order chi connectivity index (χ1) is 12.8. The van der Waals surface area contributed by atoms with E-state index >= 15 is 0 Å². The Hall–Kier alpha value is -1.76. The van der Waals surface area contributed by atoms with E-state index in [1.807, 2.05) is 24.5 Å². The lowest BCUT2D eigenvalue weighted by Crippen LogP contribution is -2.60. The lowest BCUT2D eigenvalue weighted by molar-refractivity contribution is -0.0162. The quantitative estimate of drug-likeness (QED) is 0.837. The molecule has 4 fully saturated rings. The Morgan fingerprint density at radius 2 is 1.77 bits per heavy atom.